The van der Waals surface area contributed by atoms with Gasteiger partial charge in [-0.1, -0.05) is 20.3 Å². The summed E-state index contributed by atoms with van der Waals surface area (Å²) < 4.78 is 0. The van der Waals surface area contributed by atoms with Crippen LogP contribution < -0.4 is 5.32 Å². The summed E-state index contributed by atoms with van der Waals surface area (Å²) in [6.45, 7) is 4.50. The van der Waals surface area contributed by atoms with Gasteiger partial charge in [0, 0.05) is 12.5 Å². The molecule has 1 N–H and O–H groups in total. The lowest BCUT2D eigenvalue weighted by atomic mass is 9.98. The van der Waals surface area contributed by atoms with E-state index in [0.717, 1.165) is 12.3 Å². The van der Waals surface area contributed by atoms with E-state index < -0.39 is 0 Å². The first-order valence-electron chi connectivity index (χ1n) is 4.83. The van der Waals surface area contributed by atoms with Crippen molar-refractivity contribution < 1.29 is 0 Å². The quantitative estimate of drug-likeness (QED) is 0.473. The summed E-state index contributed by atoms with van der Waals surface area (Å²) in [4.78, 5) is 0. The van der Waals surface area contributed by atoms with E-state index in [-0.39, 0.29) is 0 Å². The van der Waals surface area contributed by atoms with Crippen molar-refractivity contribution in [2.75, 3.05) is 7.05 Å². The smallest absolute Gasteiger partial charge is 0.00870 e. The number of terminal acetylenes is 1. The zero-order valence-corrected chi connectivity index (χ0v) is 8.56. The van der Waals surface area contributed by atoms with Gasteiger partial charge in [-0.05, 0) is 25.8 Å². The zero-order chi connectivity index (χ0) is 9.40. The van der Waals surface area contributed by atoms with E-state index in [1.807, 2.05) is 7.05 Å². The maximum absolute atomic E-state index is 5.17. The Kier molecular flexibility index (Phi) is 6.90. The first kappa shape index (κ1) is 11.5. The van der Waals surface area contributed by atoms with E-state index in [1.165, 1.54) is 19.3 Å². The van der Waals surface area contributed by atoms with Gasteiger partial charge in [0.05, 0.1) is 0 Å². The van der Waals surface area contributed by atoms with Crippen LogP contribution in [0.3, 0.4) is 0 Å². The molecule has 0 aromatic rings. The summed E-state index contributed by atoms with van der Waals surface area (Å²) in [5.74, 6) is 3.39. The Hall–Kier alpha value is -0.480. The summed E-state index contributed by atoms with van der Waals surface area (Å²) in [7, 11) is 2.03. The molecule has 0 fully saturated rings. The molecular formula is C11H21N. The van der Waals surface area contributed by atoms with Crippen LogP contribution in [0.1, 0.15) is 39.5 Å². The van der Waals surface area contributed by atoms with Gasteiger partial charge >= 0.3 is 0 Å². The van der Waals surface area contributed by atoms with Gasteiger partial charge in [-0.25, -0.2) is 0 Å². The van der Waals surface area contributed by atoms with Crippen molar-refractivity contribution in [1.29, 1.82) is 0 Å². The van der Waals surface area contributed by atoms with Gasteiger partial charge in [0.1, 0.15) is 0 Å². The molecule has 12 heavy (non-hydrogen) atoms. The number of hydrogen-bond acceptors (Lipinski definition) is 1. The fourth-order valence-electron chi connectivity index (χ4n) is 1.40. The number of unbranched alkanes of at least 4 members (excludes halogenated alkanes) is 2. The first-order valence-corrected chi connectivity index (χ1v) is 4.83. The maximum atomic E-state index is 5.17. The fourth-order valence-corrected chi connectivity index (χ4v) is 1.40. The van der Waals surface area contributed by atoms with E-state index in [0.29, 0.717) is 6.04 Å². The number of nitrogens with one attached hydrogen (secondary N) is 1. The second kappa shape index (κ2) is 7.18. The van der Waals surface area contributed by atoms with Gasteiger partial charge in [0.2, 0.25) is 0 Å². The summed E-state index contributed by atoms with van der Waals surface area (Å²) in [6, 6.07) is 0.655. The molecule has 0 amide bonds. The molecule has 0 bridgehead atoms. The Morgan fingerprint density at radius 3 is 2.42 bits per heavy atom. The molecule has 0 radical (unpaired) electrons. The van der Waals surface area contributed by atoms with Crippen LogP contribution in [0.5, 0.6) is 0 Å². The highest BCUT2D eigenvalue weighted by molar-refractivity contribution is 4.83. The lowest BCUT2D eigenvalue weighted by molar-refractivity contribution is 0.390. The molecule has 0 aromatic carbocycles. The summed E-state index contributed by atoms with van der Waals surface area (Å²) in [5.41, 5.74) is 0. The van der Waals surface area contributed by atoms with Crippen LogP contribution in [0.25, 0.3) is 0 Å². The average molecular weight is 167 g/mol. The van der Waals surface area contributed by atoms with Crippen molar-refractivity contribution in [2.45, 2.75) is 45.6 Å². The Labute approximate surface area is 76.9 Å². The van der Waals surface area contributed by atoms with Crippen LogP contribution in [-0.4, -0.2) is 13.1 Å². The monoisotopic (exact) mass is 167 g/mol. The minimum Gasteiger partial charge on any atom is -0.317 e. The molecule has 0 rings (SSSR count). The molecule has 0 heterocycles. The third kappa shape index (κ3) is 5.21. The van der Waals surface area contributed by atoms with E-state index in [4.69, 9.17) is 6.42 Å². The normalized spacial score (nSPS) is 12.9. The Morgan fingerprint density at radius 2 is 2.00 bits per heavy atom. The van der Waals surface area contributed by atoms with Crippen LogP contribution >= 0.6 is 0 Å². The molecule has 0 aliphatic rings. The average Bonchev–Trinajstić information content (AvgIpc) is 2.04. The minimum atomic E-state index is 0.655. The van der Waals surface area contributed by atoms with Crippen molar-refractivity contribution in [2.24, 2.45) is 5.92 Å². The Bertz CT molecular complexity index is 132. The van der Waals surface area contributed by atoms with Crippen molar-refractivity contribution >= 4 is 0 Å². The highest BCUT2D eigenvalue weighted by Crippen LogP contribution is 2.10. The molecule has 1 unspecified atom stereocenters. The predicted molar refractivity (Wildman–Crippen MR) is 55.0 cm³/mol. The molecule has 1 heteroatoms. The Balaban J connectivity index is 3.40. The molecular weight excluding hydrogens is 146 g/mol. The van der Waals surface area contributed by atoms with Crippen LogP contribution in [0, 0.1) is 18.3 Å². The maximum Gasteiger partial charge on any atom is 0.00870 e. The highest BCUT2D eigenvalue weighted by atomic mass is 14.9. The van der Waals surface area contributed by atoms with E-state index in [2.05, 4.69) is 25.1 Å². The molecule has 70 valence electrons. The number of hydrogen-bond donors (Lipinski definition) is 1. The first-order chi connectivity index (χ1) is 5.72. The lowest BCUT2D eigenvalue weighted by Crippen LogP contribution is -2.30. The summed E-state index contributed by atoms with van der Waals surface area (Å²) in [6.07, 6.45) is 9.76. The van der Waals surface area contributed by atoms with Crippen molar-refractivity contribution in [3.63, 3.8) is 0 Å². The topological polar surface area (TPSA) is 12.0 Å². The van der Waals surface area contributed by atoms with Gasteiger partial charge in [0.15, 0.2) is 0 Å². The summed E-state index contributed by atoms with van der Waals surface area (Å²) in [5, 5.41) is 3.33. The molecule has 1 nitrogen and oxygen atoms in total. The van der Waals surface area contributed by atoms with Crippen LogP contribution in [0.2, 0.25) is 0 Å². The van der Waals surface area contributed by atoms with E-state index in [1.54, 1.807) is 0 Å². The highest BCUT2D eigenvalue weighted by Gasteiger charge is 2.08. The largest absolute Gasteiger partial charge is 0.317 e. The third-order valence-corrected chi connectivity index (χ3v) is 2.26. The van der Waals surface area contributed by atoms with Gasteiger partial charge < -0.3 is 5.32 Å². The number of rotatable bonds is 6. The van der Waals surface area contributed by atoms with Gasteiger partial charge in [-0.2, -0.15) is 0 Å². The van der Waals surface area contributed by atoms with Crippen molar-refractivity contribution in [3.8, 4) is 12.3 Å². The molecule has 0 spiro atoms. The SMILES string of the molecule is C#CCCCCC(NC)C(C)C. The minimum absolute atomic E-state index is 0.655. The standard InChI is InChI=1S/C11H21N/c1-5-6-7-8-9-11(12-4)10(2)3/h1,10-12H,6-9H2,2-4H3. The summed E-state index contributed by atoms with van der Waals surface area (Å²) >= 11 is 0. The molecule has 0 aliphatic heterocycles. The lowest BCUT2D eigenvalue weighted by Gasteiger charge is -2.19. The van der Waals surface area contributed by atoms with Crippen molar-refractivity contribution in [1.82, 2.24) is 5.32 Å². The molecule has 1 atom stereocenters. The molecule has 0 saturated heterocycles. The van der Waals surface area contributed by atoms with Crippen LogP contribution in [0.4, 0.5) is 0 Å². The Morgan fingerprint density at radius 1 is 1.33 bits per heavy atom. The van der Waals surface area contributed by atoms with Gasteiger partial charge in [0.25, 0.3) is 0 Å². The van der Waals surface area contributed by atoms with Crippen LogP contribution in [-0.2, 0) is 0 Å². The molecule has 0 aliphatic carbocycles. The van der Waals surface area contributed by atoms with Crippen molar-refractivity contribution in [3.05, 3.63) is 0 Å². The predicted octanol–water partition coefficient (Wildman–Crippen LogP) is 2.42. The zero-order valence-electron chi connectivity index (χ0n) is 8.56. The van der Waals surface area contributed by atoms with Gasteiger partial charge in [-0.3, -0.25) is 0 Å². The van der Waals surface area contributed by atoms with E-state index >= 15 is 0 Å². The second-order valence-electron chi connectivity index (χ2n) is 3.59. The molecule has 0 saturated carbocycles. The van der Waals surface area contributed by atoms with Crippen LogP contribution in [0.15, 0.2) is 0 Å². The third-order valence-electron chi connectivity index (χ3n) is 2.26. The molecule has 0 aromatic heterocycles. The second-order valence-corrected chi connectivity index (χ2v) is 3.59. The van der Waals surface area contributed by atoms with Gasteiger partial charge in [-0.15, -0.1) is 12.3 Å². The fraction of sp³-hybridized carbons (Fsp3) is 0.818. The van der Waals surface area contributed by atoms with E-state index in [9.17, 15) is 0 Å².